The average Bonchev–Trinajstić information content (AvgIpc) is 2.74. The summed E-state index contributed by atoms with van der Waals surface area (Å²) in [6, 6.07) is 19.5. The number of ether oxygens (including phenoxy) is 2. The monoisotopic (exact) mass is 449 g/mol. The maximum atomic E-state index is 6.50. The third-order valence-electron chi connectivity index (χ3n) is 4.61. The van der Waals surface area contributed by atoms with Crippen LogP contribution in [-0.4, -0.2) is 7.11 Å². The fourth-order valence-corrected chi connectivity index (χ4v) is 3.44. The Kier molecular flexibility index (Phi) is 7.68. The van der Waals surface area contributed by atoms with Crippen LogP contribution in [0, 0.1) is 0 Å². The van der Waals surface area contributed by atoms with Crippen molar-refractivity contribution in [3.05, 3.63) is 92.4 Å². The summed E-state index contributed by atoms with van der Waals surface area (Å²) in [5, 5.41) is 5.11. The molecule has 1 atom stereocenters. The van der Waals surface area contributed by atoms with Crippen LogP contribution in [0.25, 0.3) is 0 Å². The van der Waals surface area contributed by atoms with E-state index in [9.17, 15) is 0 Å². The Bertz CT molecular complexity index is 964. The molecule has 1 N–H and O–H groups in total. The van der Waals surface area contributed by atoms with Gasteiger partial charge in [-0.15, -0.1) is 0 Å². The van der Waals surface area contributed by atoms with Crippen LogP contribution >= 0.6 is 34.8 Å². The topological polar surface area (TPSA) is 30.5 Å². The number of rotatable bonds is 8. The molecule has 152 valence electrons. The normalized spacial score (nSPS) is 11.9. The van der Waals surface area contributed by atoms with E-state index >= 15 is 0 Å². The molecule has 0 fully saturated rings. The SMILES string of the molecule is COc1cc(CNC(C)c2ccccc2)c(Cl)cc1OCc1ccc(Cl)c(Cl)c1. The van der Waals surface area contributed by atoms with E-state index in [0.29, 0.717) is 39.7 Å². The van der Waals surface area contributed by atoms with Crippen LogP contribution in [0.3, 0.4) is 0 Å². The van der Waals surface area contributed by atoms with Crippen LogP contribution in [-0.2, 0) is 13.2 Å². The molecule has 3 nitrogen and oxygen atoms in total. The highest BCUT2D eigenvalue weighted by molar-refractivity contribution is 6.42. The van der Waals surface area contributed by atoms with Crippen LogP contribution in [0.2, 0.25) is 15.1 Å². The molecule has 0 amide bonds. The van der Waals surface area contributed by atoms with E-state index in [1.54, 1.807) is 25.3 Å². The van der Waals surface area contributed by atoms with Gasteiger partial charge in [0.05, 0.1) is 17.2 Å². The first-order valence-electron chi connectivity index (χ1n) is 9.19. The number of hydrogen-bond donors (Lipinski definition) is 1. The van der Waals surface area contributed by atoms with Gasteiger partial charge in [0.25, 0.3) is 0 Å². The fraction of sp³-hybridized carbons (Fsp3) is 0.217. The summed E-state index contributed by atoms with van der Waals surface area (Å²) in [7, 11) is 1.61. The number of nitrogens with one attached hydrogen (secondary N) is 1. The zero-order chi connectivity index (χ0) is 20.8. The molecular formula is C23H22Cl3NO2. The van der Waals surface area contributed by atoms with Gasteiger partial charge in [-0.2, -0.15) is 0 Å². The average molecular weight is 451 g/mol. The second kappa shape index (κ2) is 10.2. The molecule has 0 heterocycles. The van der Waals surface area contributed by atoms with Gasteiger partial charge in [-0.05, 0) is 41.8 Å². The van der Waals surface area contributed by atoms with Gasteiger partial charge >= 0.3 is 0 Å². The van der Waals surface area contributed by atoms with Crippen LogP contribution in [0.4, 0.5) is 0 Å². The number of methoxy groups -OCH3 is 1. The van der Waals surface area contributed by atoms with E-state index in [2.05, 4.69) is 24.4 Å². The lowest BCUT2D eigenvalue weighted by atomic mass is 10.1. The molecule has 0 radical (unpaired) electrons. The first kappa shape index (κ1) is 21.8. The summed E-state index contributed by atoms with van der Waals surface area (Å²) in [4.78, 5) is 0. The van der Waals surface area contributed by atoms with Crippen molar-refractivity contribution >= 4 is 34.8 Å². The van der Waals surface area contributed by atoms with Crippen molar-refractivity contribution in [2.45, 2.75) is 26.1 Å². The molecule has 0 saturated heterocycles. The Morgan fingerprint density at radius 1 is 0.862 bits per heavy atom. The summed E-state index contributed by atoms with van der Waals surface area (Å²) < 4.78 is 11.4. The third-order valence-corrected chi connectivity index (χ3v) is 5.70. The molecular weight excluding hydrogens is 429 g/mol. The highest BCUT2D eigenvalue weighted by Gasteiger charge is 2.13. The van der Waals surface area contributed by atoms with Gasteiger partial charge in [0.1, 0.15) is 6.61 Å². The lowest BCUT2D eigenvalue weighted by molar-refractivity contribution is 0.284. The zero-order valence-electron chi connectivity index (χ0n) is 16.2. The first-order valence-corrected chi connectivity index (χ1v) is 10.3. The number of hydrogen-bond acceptors (Lipinski definition) is 3. The maximum absolute atomic E-state index is 6.50. The minimum absolute atomic E-state index is 0.198. The molecule has 3 aromatic carbocycles. The predicted molar refractivity (Wildman–Crippen MR) is 120 cm³/mol. The zero-order valence-corrected chi connectivity index (χ0v) is 18.5. The lowest BCUT2D eigenvalue weighted by Crippen LogP contribution is -2.18. The van der Waals surface area contributed by atoms with Crippen LogP contribution in [0.1, 0.15) is 29.7 Å². The van der Waals surface area contributed by atoms with Gasteiger partial charge < -0.3 is 14.8 Å². The smallest absolute Gasteiger partial charge is 0.163 e. The van der Waals surface area contributed by atoms with E-state index < -0.39 is 0 Å². The van der Waals surface area contributed by atoms with Crippen molar-refractivity contribution in [2.24, 2.45) is 0 Å². The highest BCUT2D eigenvalue weighted by atomic mass is 35.5. The molecule has 0 spiro atoms. The Morgan fingerprint density at radius 3 is 2.31 bits per heavy atom. The Balaban J connectivity index is 1.69. The lowest BCUT2D eigenvalue weighted by Gasteiger charge is -2.17. The molecule has 0 aromatic heterocycles. The van der Waals surface area contributed by atoms with Gasteiger partial charge in [0.15, 0.2) is 11.5 Å². The van der Waals surface area contributed by atoms with Crippen molar-refractivity contribution in [1.29, 1.82) is 0 Å². The van der Waals surface area contributed by atoms with Crippen molar-refractivity contribution < 1.29 is 9.47 Å². The maximum Gasteiger partial charge on any atom is 0.163 e. The molecule has 3 rings (SSSR count). The largest absolute Gasteiger partial charge is 0.493 e. The molecule has 29 heavy (non-hydrogen) atoms. The van der Waals surface area contributed by atoms with E-state index in [0.717, 1.165) is 11.1 Å². The first-order chi connectivity index (χ1) is 14.0. The van der Waals surface area contributed by atoms with Gasteiger partial charge in [0, 0.05) is 23.7 Å². The summed E-state index contributed by atoms with van der Waals surface area (Å²) in [6.07, 6.45) is 0. The molecule has 0 saturated carbocycles. The van der Waals surface area contributed by atoms with E-state index in [-0.39, 0.29) is 6.04 Å². The van der Waals surface area contributed by atoms with Crippen molar-refractivity contribution in [3.8, 4) is 11.5 Å². The molecule has 6 heteroatoms. The van der Waals surface area contributed by atoms with E-state index in [4.69, 9.17) is 44.3 Å². The van der Waals surface area contributed by atoms with E-state index in [1.807, 2.05) is 30.3 Å². The molecule has 1 unspecified atom stereocenters. The van der Waals surface area contributed by atoms with Crippen LogP contribution in [0.5, 0.6) is 11.5 Å². The summed E-state index contributed by atoms with van der Waals surface area (Å²) in [5.74, 6) is 1.20. The molecule has 0 aliphatic carbocycles. The van der Waals surface area contributed by atoms with E-state index in [1.165, 1.54) is 5.56 Å². The third kappa shape index (κ3) is 5.80. The minimum atomic E-state index is 0.198. The van der Waals surface area contributed by atoms with Crippen molar-refractivity contribution in [1.82, 2.24) is 5.32 Å². The Morgan fingerprint density at radius 2 is 1.62 bits per heavy atom. The molecule has 0 aliphatic rings. The standard InChI is InChI=1S/C23H22Cl3NO2/c1-15(17-6-4-3-5-7-17)27-13-18-11-22(28-2)23(12-20(18)25)29-14-16-8-9-19(24)21(26)10-16/h3-12,15,27H,13-14H2,1-2H3. The van der Waals surface area contributed by atoms with Crippen molar-refractivity contribution in [2.75, 3.05) is 7.11 Å². The number of halogens is 3. The fourth-order valence-electron chi connectivity index (χ4n) is 2.90. The van der Waals surface area contributed by atoms with Crippen molar-refractivity contribution in [3.63, 3.8) is 0 Å². The van der Waals surface area contributed by atoms with Gasteiger partial charge in [-0.3, -0.25) is 0 Å². The minimum Gasteiger partial charge on any atom is -0.493 e. The molecule has 0 bridgehead atoms. The van der Waals surface area contributed by atoms with Crippen LogP contribution < -0.4 is 14.8 Å². The summed E-state index contributed by atoms with van der Waals surface area (Å²) in [6.45, 7) is 3.06. The second-order valence-electron chi connectivity index (χ2n) is 6.64. The quantitative estimate of drug-likeness (QED) is 0.397. The second-order valence-corrected chi connectivity index (χ2v) is 7.87. The Labute approximate surface area is 186 Å². The summed E-state index contributed by atoms with van der Waals surface area (Å²) in [5.41, 5.74) is 3.06. The van der Waals surface area contributed by atoms with Crippen LogP contribution in [0.15, 0.2) is 60.7 Å². The predicted octanol–water partition coefficient (Wildman–Crippen LogP) is 7.09. The highest BCUT2D eigenvalue weighted by Crippen LogP contribution is 2.34. The number of benzene rings is 3. The Hall–Kier alpha value is -1.91. The van der Waals surface area contributed by atoms with Gasteiger partial charge in [-0.1, -0.05) is 71.2 Å². The summed E-state index contributed by atoms with van der Waals surface area (Å²) >= 11 is 18.5. The molecule has 3 aromatic rings. The van der Waals surface area contributed by atoms with Gasteiger partial charge in [-0.25, -0.2) is 0 Å². The van der Waals surface area contributed by atoms with Gasteiger partial charge in [0.2, 0.25) is 0 Å². The molecule has 0 aliphatic heterocycles.